The SMILES string of the molecule is O=[Si]=O.O=[Si]=O.O=[Si]=O.O=[Si]=O.[Na+].[Na+].[O-2]. The summed E-state index contributed by atoms with van der Waals surface area (Å²) < 4.78 is 67.2. The van der Waals surface area contributed by atoms with E-state index in [9.17, 15) is 0 Å². The molecule has 72 valence electrons. The molecule has 9 nitrogen and oxygen atoms in total. The van der Waals surface area contributed by atoms with Gasteiger partial charge in [-0.1, -0.05) is 0 Å². The Morgan fingerprint density at radius 1 is 0.400 bits per heavy atom. The van der Waals surface area contributed by atoms with Gasteiger partial charge in [0.25, 0.3) is 0 Å². The third-order valence-corrected chi connectivity index (χ3v) is 0. The quantitative estimate of drug-likeness (QED) is 0.398. The van der Waals surface area contributed by atoms with E-state index < -0.39 is 37.2 Å². The molecule has 0 saturated heterocycles. The summed E-state index contributed by atoms with van der Waals surface area (Å²) in [5.41, 5.74) is 0. The van der Waals surface area contributed by atoms with Crippen molar-refractivity contribution in [1.82, 2.24) is 0 Å². The van der Waals surface area contributed by atoms with Gasteiger partial charge in [-0.2, -0.15) is 0 Å². The molecule has 15 heteroatoms. The predicted molar refractivity (Wildman–Crippen MR) is 29.2 cm³/mol. The second-order valence-electron chi connectivity index (χ2n) is 0.333. The summed E-state index contributed by atoms with van der Waals surface area (Å²) >= 11 is 0. The van der Waals surface area contributed by atoms with Crippen LogP contribution in [-0.2, 0) is 41.2 Å². The van der Waals surface area contributed by atoms with Crippen LogP contribution in [0.3, 0.4) is 0 Å². The summed E-state index contributed by atoms with van der Waals surface area (Å²) in [7, 11) is -5.67. The summed E-state index contributed by atoms with van der Waals surface area (Å²) in [6.45, 7) is 0. The second kappa shape index (κ2) is 113. The van der Waals surface area contributed by atoms with Gasteiger partial charge < -0.3 is 5.48 Å². The fourth-order valence-corrected chi connectivity index (χ4v) is 0. The van der Waals surface area contributed by atoms with Gasteiger partial charge in [0.2, 0.25) is 0 Å². The van der Waals surface area contributed by atoms with Crippen molar-refractivity contribution < 1.29 is 100 Å². The van der Waals surface area contributed by atoms with Crippen molar-refractivity contribution >= 4 is 37.2 Å². The maximum absolute atomic E-state index is 8.40. The molecule has 0 aliphatic rings. The maximum Gasteiger partial charge on any atom is 1.00 e. The van der Waals surface area contributed by atoms with Crippen LogP contribution in [0.5, 0.6) is 0 Å². The van der Waals surface area contributed by atoms with Gasteiger partial charge in [0.05, 0.1) is 0 Å². The number of hydrogen-bond acceptors (Lipinski definition) is 8. The van der Waals surface area contributed by atoms with Gasteiger partial charge in [0.1, 0.15) is 0 Å². The van der Waals surface area contributed by atoms with Crippen molar-refractivity contribution in [2.75, 3.05) is 0 Å². The molecule has 0 aromatic rings. The predicted octanol–water partition coefficient (Wildman–Crippen LogP) is -8.58. The molecule has 0 aromatic carbocycles. The van der Waals surface area contributed by atoms with Crippen molar-refractivity contribution in [1.29, 1.82) is 0 Å². The van der Waals surface area contributed by atoms with Crippen LogP contribution in [0.1, 0.15) is 0 Å². The zero-order valence-corrected chi connectivity index (χ0v) is 15.7. The molecule has 0 N–H and O–H groups in total. The average Bonchev–Trinajstić information content (AvgIpc) is 1.92. The van der Waals surface area contributed by atoms with Crippen molar-refractivity contribution in [2.24, 2.45) is 0 Å². The summed E-state index contributed by atoms with van der Waals surface area (Å²) in [4.78, 5) is 0. The summed E-state index contributed by atoms with van der Waals surface area (Å²) in [5, 5.41) is 0. The molecule has 0 saturated carbocycles. The minimum atomic E-state index is -1.42. The minimum absolute atomic E-state index is 0. The van der Waals surface area contributed by atoms with Crippen molar-refractivity contribution in [3.05, 3.63) is 0 Å². The first-order chi connectivity index (χ1) is 5.66. The minimum Gasteiger partial charge on any atom is -2.00 e. The maximum atomic E-state index is 8.40. The molecule has 0 aliphatic carbocycles. The standard InChI is InChI=1S/2Na.4O2Si.O/c;;4*1-3-2;/q2*+1;;;;;-2. The van der Waals surface area contributed by atoms with Crippen molar-refractivity contribution in [3.63, 3.8) is 0 Å². The van der Waals surface area contributed by atoms with E-state index >= 15 is 0 Å². The van der Waals surface area contributed by atoms with Gasteiger partial charge in [0, 0.05) is 0 Å². The number of rotatable bonds is 0. The molecular formula is Na2O9Si4. The Balaban J connectivity index is -0.0000000107. The van der Waals surface area contributed by atoms with Gasteiger partial charge in [-0.3, -0.25) is 35.7 Å². The van der Waals surface area contributed by atoms with Crippen LogP contribution in [0.2, 0.25) is 0 Å². The zero-order chi connectivity index (χ0) is 10.8. The molecule has 0 bridgehead atoms. The molecule has 0 radical (unpaired) electrons. The van der Waals surface area contributed by atoms with Crippen LogP contribution in [0.4, 0.5) is 0 Å². The summed E-state index contributed by atoms with van der Waals surface area (Å²) in [6, 6.07) is 0. The Labute approximate surface area is 136 Å². The Morgan fingerprint density at radius 2 is 0.400 bits per heavy atom. The monoisotopic (exact) mass is 302 g/mol. The molecule has 0 fully saturated rings. The van der Waals surface area contributed by atoms with E-state index in [4.69, 9.17) is 35.7 Å². The molecule has 0 unspecified atom stereocenters. The molecule has 0 spiro atoms. The van der Waals surface area contributed by atoms with E-state index in [1.165, 1.54) is 0 Å². The van der Waals surface area contributed by atoms with Crippen LogP contribution in [-0.4, -0.2) is 37.2 Å². The average molecular weight is 302 g/mol. The Hall–Kier alpha value is 1.23. The first-order valence-corrected chi connectivity index (χ1v) is 4.90. The number of hydrogen-bond donors (Lipinski definition) is 0. The molecule has 0 aliphatic heterocycles. The fourth-order valence-electron chi connectivity index (χ4n) is 0. The first kappa shape index (κ1) is 44.2. The smallest absolute Gasteiger partial charge is 1.00 e. The molecule has 0 amide bonds. The first-order valence-electron chi connectivity index (χ1n) is 1.63. The topological polar surface area (TPSA) is 165 Å². The van der Waals surface area contributed by atoms with E-state index in [1.54, 1.807) is 0 Å². The molecular weight excluding hydrogens is 302 g/mol. The van der Waals surface area contributed by atoms with E-state index in [2.05, 4.69) is 0 Å². The van der Waals surface area contributed by atoms with Crippen LogP contribution in [0, 0.1) is 0 Å². The van der Waals surface area contributed by atoms with Gasteiger partial charge in [-0.25, -0.2) is 0 Å². The van der Waals surface area contributed by atoms with Crippen LogP contribution in [0.25, 0.3) is 0 Å². The molecule has 0 heterocycles. The molecule has 0 rings (SSSR count). The van der Waals surface area contributed by atoms with E-state index in [0.717, 1.165) is 0 Å². The zero-order valence-electron chi connectivity index (χ0n) is 7.67. The Kier molecular flexibility index (Phi) is 332. The molecule has 0 atom stereocenters. The Morgan fingerprint density at radius 3 is 0.400 bits per heavy atom. The molecule has 15 heavy (non-hydrogen) atoms. The van der Waals surface area contributed by atoms with Crippen LogP contribution >= 0.6 is 0 Å². The third kappa shape index (κ3) is 1770. The van der Waals surface area contributed by atoms with E-state index in [-0.39, 0.29) is 64.6 Å². The summed E-state index contributed by atoms with van der Waals surface area (Å²) in [5.74, 6) is 0. The van der Waals surface area contributed by atoms with Crippen molar-refractivity contribution in [2.45, 2.75) is 0 Å². The van der Waals surface area contributed by atoms with Crippen molar-refractivity contribution in [3.8, 4) is 0 Å². The molecule has 0 aromatic heterocycles. The van der Waals surface area contributed by atoms with E-state index in [0.29, 0.717) is 0 Å². The van der Waals surface area contributed by atoms with Gasteiger partial charge >= 0.3 is 96.3 Å². The largest absolute Gasteiger partial charge is 2.00 e. The van der Waals surface area contributed by atoms with Crippen LogP contribution < -0.4 is 59.1 Å². The van der Waals surface area contributed by atoms with Gasteiger partial charge in [-0.05, 0) is 0 Å². The normalized spacial score (nSPS) is 2.13. The van der Waals surface area contributed by atoms with Gasteiger partial charge in [0.15, 0.2) is 0 Å². The second-order valence-corrected chi connectivity index (χ2v) is 1.00. The summed E-state index contributed by atoms with van der Waals surface area (Å²) in [6.07, 6.45) is 0. The van der Waals surface area contributed by atoms with Gasteiger partial charge in [-0.15, -0.1) is 0 Å². The third-order valence-electron chi connectivity index (χ3n) is 0. The van der Waals surface area contributed by atoms with E-state index in [1.807, 2.05) is 0 Å². The fraction of sp³-hybridized carbons (Fsp3) is 0. The Bertz CT molecular complexity index is 152. The van der Waals surface area contributed by atoms with Crippen LogP contribution in [0.15, 0.2) is 0 Å².